The number of hydrogen-bond donors (Lipinski definition) is 4. The molecular formula is C18H20N6O. The van der Waals surface area contributed by atoms with Crippen LogP contribution in [-0.2, 0) is 0 Å². The van der Waals surface area contributed by atoms with Crippen molar-refractivity contribution in [3.63, 3.8) is 0 Å². The second-order valence-corrected chi connectivity index (χ2v) is 7.18. The average molecular weight is 336 g/mol. The van der Waals surface area contributed by atoms with Crippen molar-refractivity contribution in [1.29, 1.82) is 0 Å². The van der Waals surface area contributed by atoms with Crippen LogP contribution < -0.4 is 11.1 Å². The lowest BCUT2D eigenvalue weighted by Gasteiger charge is -2.26. The van der Waals surface area contributed by atoms with Crippen molar-refractivity contribution in [3.8, 4) is 11.3 Å². The zero-order valence-electron chi connectivity index (χ0n) is 13.7. The molecule has 2 aliphatic rings. The highest BCUT2D eigenvalue weighted by Gasteiger charge is 2.45. The van der Waals surface area contributed by atoms with Crippen LogP contribution in [0.15, 0.2) is 30.5 Å². The van der Waals surface area contributed by atoms with Crippen LogP contribution in [0, 0.1) is 11.8 Å². The molecule has 4 atom stereocenters. The highest BCUT2D eigenvalue weighted by atomic mass is 16.3. The maximum Gasteiger partial charge on any atom is 0.222 e. The van der Waals surface area contributed by atoms with Crippen molar-refractivity contribution in [2.45, 2.75) is 31.4 Å². The molecule has 2 fully saturated rings. The topological polar surface area (TPSA) is 113 Å². The molecule has 0 radical (unpaired) electrons. The minimum atomic E-state index is -0.132. The Morgan fingerprint density at radius 2 is 2.04 bits per heavy atom. The van der Waals surface area contributed by atoms with Crippen molar-refractivity contribution in [3.05, 3.63) is 30.5 Å². The van der Waals surface area contributed by atoms with Crippen molar-refractivity contribution in [2.75, 3.05) is 11.1 Å². The van der Waals surface area contributed by atoms with Gasteiger partial charge in [0.15, 0.2) is 0 Å². The molecule has 0 spiro atoms. The summed E-state index contributed by atoms with van der Waals surface area (Å²) in [6.07, 6.45) is 4.56. The number of aromatic amines is 1. The first-order chi connectivity index (χ1) is 12.2. The van der Waals surface area contributed by atoms with Gasteiger partial charge in [-0.3, -0.25) is 5.10 Å². The molecule has 5 rings (SSSR count). The van der Waals surface area contributed by atoms with Crippen LogP contribution in [-0.4, -0.2) is 37.4 Å². The van der Waals surface area contributed by atoms with Crippen molar-refractivity contribution in [1.82, 2.24) is 20.2 Å². The second kappa shape index (κ2) is 5.42. The van der Waals surface area contributed by atoms with Gasteiger partial charge in [0, 0.05) is 23.2 Å². The van der Waals surface area contributed by atoms with E-state index in [4.69, 9.17) is 5.73 Å². The molecule has 2 heterocycles. The molecular weight excluding hydrogens is 316 g/mol. The van der Waals surface area contributed by atoms with E-state index in [-0.39, 0.29) is 12.1 Å². The first-order valence-electron chi connectivity index (χ1n) is 8.69. The molecule has 2 aromatic heterocycles. The molecule has 128 valence electrons. The summed E-state index contributed by atoms with van der Waals surface area (Å²) in [6.45, 7) is 0. The van der Waals surface area contributed by atoms with E-state index in [0.717, 1.165) is 47.2 Å². The quantitative estimate of drug-likeness (QED) is 0.583. The SMILES string of the molecule is Nc1nc(N[C@H]2C[C@H]3C[C@H]2C[C@H]3O)c2ccc(-c3ccn[nH]3)cc2n1. The van der Waals surface area contributed by atoms with Crippen molar-refractivity contribution in [2.24, 2.45) is 11.8 Å². The van der Waals surface area contributed by atoms with E-state index in [1.54, 1.807) is 6.20 Å². The average Bonchev–Trinajstić information content (AvgIpc) is 3.31. The number of aliphatic hydroxyl groups excluding tert-OH is 1. The standard InChI is InChI=1S/C18H20N6O/c19-18-22-15-6-9(13-3-4-20-24-13)1-2-12(15)17(23-18)21-14-7-11-5-10(14)8-16(11)25/h1-4,6,10-11,14,16,25H,5,7-8H2,(H,20,24)(H3,19,21,22,23)/t10-,11+,14-,16+/m0/s1. The van der Waals surface area contributed by atoms with E-state index < -0.39 is 0 Å². The van der Waals surface area contributed by atoms with Crippen LogP contribution in [0.1, 0.15) is 19.3 Å². The summed E-state index contributed by atoms with van der Waals surface area (Å²) in [5, 5.41) is 21.4. The first kappa shape index (κ1) is 14.7. The molecule has 5 N–H and O–H groups in total. The fourth-order valence-corrected chi connectivity index (χ4v) is 4.44. The second-order valence-electron chi connectivity index (χ2n) is 7.18. The molecule has 25 heavy (non-hydrogen) atoms. The van der Waals surface area contributed by atoms with Crippen LogP contribution in [0.4, 0.5) is 11.8 Å². The Balaban J connectivity index is 1.50. The van der Waals surface area contributed by atoms with Crippen LogP contribution in [0.25, 0.3) is 22.2 Å². The highest BCUT2D eigenvalue weighted by Crippen LogP contribution is 2.46. The van der Waals surface area contributed by atoms with Gasteiger partial charge in [0.25, 0.3) is 0 Å². The van der Waals surface area contributed by atoms with Crippen LogP contribution in [0.2, 0.25) is 0 Å². The molecule has 0 aliphatic heterocycles. The zero-order chi connectivity index (χ0) is 17.0. The molecule has 2 aliphatic carbocycles. The van der Waals surface area contributed by atoms with E-state index in [9.17, 15) is 5.11 Å². The summed E-state index contributed by atoms with van der Waals surface area (Å²) in [5.74, 6) is 1.97. The van der Waals surface area contributed by atoms with Crippen LogP contribution in [0.3, 0.4) is 0 Å². The maximum atomic E-state index is 9.96. The van der Waals surface area contributed by atoms with Gasteiger partial charge in [-0.1, -0.05) is 6.07 Å². The molecule has 0 unspecified atom stereocenters. The van der Waals surface area contributed by atoms with Crippen molar-refractivity contribution >= 4 is 22.7 Å². The van der Waals surface area contributed by atoms with Gasteiger partial charge in [0.1, 0.15) is 5.82 Å². The Kier molecular flexibility index (Phi) is 3.18. The predicted octanol–water partition coefficient (Wildman–Crippen LogP) is 2.17. The Labute approximate surface area is 144 Å². The van der Waals surface area contributed by atoms with Gasteiger partial charge in [0.05, 0.1) is 17.3 Å². The largest absolute Gasteiger partial charge is 0.393 e. The summed E-state index contributed by atoms with van der Waals surface area (Å²) >= 11 is 0. The lowest BCUT2D eigenvalue weighted by Crippen LogP contribution is -2.31. The maximum absolute atomic E-state index is 9.96. The number of aliphatic hydroxyl groups is 1. The Bertz CT molecular complexity index is 923. The molecule has 0 amide bonds. The fraction of sp³-hybridized carbons (Fsp3) is 0.389. The van der Waals surface area contributed by atoms with Gasteiger partial charge in [-0.2, -0.15) is 10.1 Å². The van der Waals surface area contributed by atoms with Gasteiger partial charge in [-0.25, -0.2) is 4.98 Å². The smallest absolute Gasteiger partial charge is 0.222 e. The molecule has 3 aromatic rings. The minimum Gasteiger partial charge on any atom is -0.393 e. The lowest BCUT2D eigenvalue weighted by atomic mass is 9.93. The van der Waals surface area contributed by atoms with Gasteiger partial charge in [0.2, 0.25) is 5.95 Å². The van der Waals surface area contributed by atoms with E-state index in [0.29, 0.717) is 17.9 Å². The lowest BCUT2D eigenvalue weighted by molar-refractivity contribution is 0.110. The molecule has 7 heteroatoms. The number of nitrogens with zero attached hydrogens (tertiary/aromatic N) is 3. The third-order valence-corrected chi connectivity index (χ3v) is 5.67. The third-order valence-electron chi connectivity index (χ3n) is 5.67. The summed E-state index contributed by atoms with van der Waals surface area (Å²) in [6, 6.07) is 8.32. The third kappa shape index (κ3) is 2.42. The number of aromatic nitrogens is 4. The number of nitrogens with one attached hydrogen (secondary N) is 2. The number of rotatable bonds is 3. The number of nitrogen functional groups attached to an aromatic ring is 1. The predicted molar refractivity (Wildman–Crippen MR) is 95.8 cm³/mol. The first-order valence-corrected chi connectivity index (χ1v) is 8.69. The molecule has 7 nitrogen and oxygen atoms in total. The summed E-state index contributed by atoms with van der Waals surface area (Å²) in [4.78, 5) is 8.83. The van der Waals surface area contributed by atoms with E-state index >= 15 is 0 Å². The molecule has 0 saturated heterocycles. The normalized spacial score (nSPS) is 27.9. The van der Waals surface area contributed by atoms with Gasteiger partial charge < -0.3 is 16.2 Å². The van der Waals surface area contributed by atoms with Crippen LogP contribution in [0.5, 0.6) is 0 Å². The molecule has 2 saturated carbocycles. The van der Waals surface area contributed by atoms with Crippen LogP contribution >= 0.6 is 0 Å². The van der Waals surface area contributed by atoms with Gasteiger partial charge in [-0.15, -0.1) is 0 Å². The number of nitrogens with two attached hydrogens (primary N) is 1. The van der Waals surface area contributed by atoms with Gasteiger partial charge >= 0.3 is 0 Å². The van der Waals surface area contributed by atoms with E-state index in [2.05, 4.69) is 25.5 Å². The Morgan fingerprint density at radius 1 is 1.12 bits per heavy atom. The molecule has 2 bridgehead atoms. The fourth-order valence-electron chi connectivity index (χ4n) is 4.44. The van der Waals surface area contributed by atoms with E-state index in [1.807, 2.05) is 24.3 Å². The number of benzene rings is 1. The minimum absolute atomic E-state index is 0.132. The van der Waals surface area contributed by atoms with Crippen molar-refractivity contribution < 1.29 is 5.11 Å². The summed E-state index contributed by atoms with van der Waals surface area (Å²) in [5.41, 5.74) is 8.71. The summed E-state index contributed by atoms with van der Waals surface area (Å²) < 4.78 is 0. The molecule has 1 aromatic carbocycles. The van der Waals surface area contributed by atoms with Gasteiger partial charge in [-0.05, 0) is 49.3 Å². The Morgan fingerprint density at radius 3 is 2.76 bits per heavy atom. The number of anilines is 2. The highest BCUT2D eigenvalue weighted by molar-refractivity contribution is 5.92. The Hall–Kier alpha value is -2.67. The summed E-state index contributed by atoms with van der Waals surface area (Å²) in [7, 11) is 0. The zero-order valence-corrected chi connectivity index (χ0v) is 13.7. The number of fused-ring (bicyclic) bond motifs is 3. The monoisotopic (exact) mass is 336 g/mol. The number of hydrogen-bond acceptors (Lipinski definition) is 6. The number of H-pyrrole nitrogens is 1. The van der Waals surface area contributed by atoms with E-state index in [1.165, 1.54) is 0 Å².